The molecule has 1 aromatic carbocycles. The molecule has 1 saturated carbocycles. The number of para-hydroxylation sites is 1. The van der Waals surface area contributed by atoms with Gasteiger partial charge in [-0.25, -0.2) is 4.98 Å². The van der Waals surface area contributed by atoms with Crippen molar-refractivity contribution in [2.45, 2.75) is 37.6 Å². The summed E-state index contributed by atoms with van der Waals surface area (Å²) in [6.07, 6.45) is 5.59. The third-order valence-electron chi connectivity index (χ3n) is 4.47. The van der Waals surface area contributed by atoms with Crippen LogP contribution >= 0.6 is 11.3 Å². The molecule has 0 amide bonds. The smallest absolute Gasteiger partial charge is 0.0982 e. The predicted octanol–water partition coefficient (Wildman–Crippen LogP) is 3.64. The van der Waals surface area contributed by atoms with Crippen LogP contribution in [0.2, 0.25) is 0 Å². The van der Waals surface area contributed by atoms with E-state index in [4.69, 9.17) is 4.98 Å². The van der Waals surface area contributed by atoms with E-state index in [-0.39, 0.29) is 0 Å². The van der Waals surface area contributed by atoms with Crippen LogP contribution in [0.25, 0.3) is 10.2 Å². The van der Waals surface area contributed by atoms with E-state index >= 15 is 0 Å². The Morgan fingerprint density at radius 2 is 2.06 bits per heavy atom. The lowest BCUT2D eigenvalue weighted by Gasteiger charge is -2.34. The summed E-state index contributed by atoms with van der Waals surface area (Å²) in [5.41, 5.74) is 1.18. The first kappa shape index (κ1) is 10.9. The summed E-state index contributed by atoms with van der Waals surface area (Å²) in [5.74, 6) is 0.683. The number of likely N-dealkylation sites (tertiary alicyclic amines) is 1. The minimum absolute atomic E-state index is 0.683. The summed E-state index contributed by atoms with van der Waals surface area (Å²) in [6, 6.07) is 9.41. The minimum Gasteiger partial charge on any atom is -0.300 e. The number of nitrogens with zero attached hydrogens (tertiary/aromatic N) is 2. The van der Waals surface area contributed by atoms with Crippen molar-refractivity contribution in [3.05, 3.63) is 29.3 Å². The first-order valence-electron chi connectivity index (χ1n) is 7.00. The summed E-state index contributed by atoms with van der Waals surface area (Å²) < 4.78 is 1.34. The van der Waals surface area contributed by atoms with E-state index in [1.807, 2.05) is 11.3 Å². The zero-order chi connectivity index (χ0) is 11.9. The number of hydrogen-bond acceptors (Lipinski definition) is 3. The van der Waals surface area contributed by atoms with Gasteiger partial charge in [0.25, 0.3) is 0 Å². The maximum absolute atomic E-state index is 4.82. The summed E-state index contributed by atoms with van der Waals surface area (Å²) in [7, 11) is 0. The Hall–Kier alpha value is -0.930. The zero-order valence-electron chi connectivity index (χ0n) is 10.5. The molecule has 94 valence electrons. The van der Waals surface area contributed by atoms with E-state index in [9.17, 15) is 0 Å². The maximum atomic E-state index is 4.82. The van der Waals surface area contributed by atoms with Crippen LogP contribution in [0.3, 0.4) is 0 Å². The lowest BCUT2D eigenvalue weighted by Crippen LogP contribution is -2.38. The molecule has 1 atom stereocenters. The van der Waals surface area contributed by atoms with Crippen LogP contribution < -0.4 is 0 Å². The van der Waals surface area contributed by atoms with Crippen molar-refractivity contribution in [3.8, 4) is 0 Å². The van der Waals surface area contributed by atoms with Crippen molar-refractivity contribution >= 4 is 21.6 Å². The van der Waals surface area contributed by atoms with Gasteiger partial charge in [0, 0.05) is 18.5 Å². The molecule has 2 heterocycles. The molecule has 2 aliphatic rings. The number of hydrogen-bond donors (Lipinski definition) is 0. The summed E-state index contributed by atoms with van der Waals surface area (Å²) in [6.45, 7) is 2.52. The van der Waals surface area contributed by atoms with E-state index < -0.39 is 0 Å². The Bertz CT molecular complexity index is 525. The molecule has 0 unspecified atom stereocenters. The van der Waals surface area contributed by atoms with E-state index in [0.29, 0.717) is 5.92 Å². The molecule has 3 heteroatoms. The Morgan fingerprint density at radius 1 is 1.17 bits per heavy atom. The molecular weight excluding hydrogens is 240 g/mol. The van der Waals surface area contributed by atoms with Gasteiger partial charge in [0.15, 0.2) is 0 Å². The van der Waals surface area contributed by atoms with Gasteiger partial charge in [0.1, 0.15) is 0 Å². The lowest BCUT2D eigenvalue weighted by molar-refractivity contribution is 0.157. The van der Waals surface area contributed by atoms with Crippen molar-refractivity contribution < 1.29 is 0 Å². The van der Waals surface area contributed by atoms with E-state index in [1.165, 1.54) is 54.0 Å². The van der Waals surface area contributed by atoms with Crippen molar-refractivity contribution in [1.82, 2.24) is 9.88 Å². The second-order valence-electron chi connectivity index (χ2n) is 5.59. The first-order valence-corrected chi connectivity index (χ1v) is 7.81. The lowest BCUT2D eigenvalue weighted by atomic mass is 9.92. The van der Waals surface area contributed by atoms with Crippen LogP contribution in [0.1, 0.15) is 36.6 Å². The molecule has 1 saturated heterocycles. The van der Waals surface area contributed by atoms with Crippen molar-refractivity contribution in [2.75, 3.05) is 13.1 Å². The topological polar surface area (TPSA) is 16.1 Å². The third kappa shape index (κ3) is 1.77. The molecule has 0 N–H and O–H groups in total. The molecule has 1 aliphatic heterocycles. The van der Waals surface area contributed by atoms with Gasteiger partial charge in [0.05, 0.1) is 15.2 Å². The van der Waals surface area contributed by atoms with Crippen LogP contribution in [-0.2, 0) is 0 Å². The van der Waals surface area contributed by atoms with Crippen molar-refractivity contribution in [3.63, 3.8) is 0 Å². The first-order chi connectivity index (χ1) is 8.90. The van der Waals surface area contributed by atoms with E-state index in [1.54, 1.807) is 0 Å². The molecule has 0 bridgehead atoms. The molecule has 2 fully saturated rings. The maximum Gasteiger partial charge on any atom is 0.0982 e. The molecule has 4 rings (SSSR count). The summed E-state index contributed by atoms with van der Waals surface area (Å²) in [5, 5.41) is 1.36. The summed E-state index contributed by atoms with van der Waals surface area (Å²) >= 11 is 1.90. The van der Waals surface area contributed by atoms with Gasteiger partial charge in [-0.1, -0.05) is 18.6 Å². The molecule has 2 nitrogen and oxygen atoms in total. The number of rotatable bonds is 2. The highest BCUT2D eigenvalue weighted by Gasteiger charge is 2.33. The second-order valence-corrected chi connectivity index (χ2v) is 6.65. The fraction of sp³-hybridized carbons (Fsp3) is 0.533. The van der Waals surface area contributed by atoms with Gasteiger partial charge in [0.2, 0.25) is 0 Å². The molecular formula is C15H18N2S. The van der Waals surface area contributed by atoms with Gasteiger partial charge in [-0.05, 0) is 37.9 Å². The molecule has 1 aromatic heterocycles. The van der Waals surface area contributed by atoms with Crippen LogP contribution in [0.15, 0.2) is 24.3 Å². The minimum atomic E-state index is 0.683. The van der Waals surface area contributed by atoms with Gasteiger partial charge < -0.3 is 0 Å². The average molecular weight is 258 g/mol. The second kappa shape index (κ2) is 4.32. The van der Waals surface area contributed by atoms with Gasteiger partial charge in [-0.3, -0.25) is 4.90 Å². The average Bonchev–Trinajstić information content (AvgIpc) is 2.91. The van der Waals surface area contributed by atoms with E-state index in [0.717, 1.165) is 6.04 Å². The van der Waals surface area contributed by atoms with Crippen LogP contribution in [0.4, 0.5) is 0 Å². The monoisotopic (exact) mass is 258 g/mol. The van der Waals surface area contributed by atoms with Gasteiger partial charge in [-0.2, -0.15) is 0 Å². The van der Waals surface area contributed by atoms with Crippen LogP contribution in [0, 0.1) is 0 Å². The number of benzene rings is 1. The number of fused-ring (bicyclic) bond motifs is 1. The van der Waals surface area contributed by atoms with Gasteiger partial charge in [-0.15, -0.1) is 11.3 Å². The molecule has 2 aromatic rings. The fourth-order valence-electron chi connectivity index (χ4n) is 3.14. The van der Waals surface area contributed by atoms with Crippen molar-refractivity contribution in [1.29, 1.82) is 0 Å². The quantitative estimate of drug-likeness (QED) is 0.817. The fourth-order valence-corrected chi connectivity index (χ4v) is 4.23. The third-order valence-corrected chi connectivity index (χ3v) is 5.67. The zero-order valence-corrected chi connectivity index (χ0v) is 11.3. The molecule has 0 spiro atoms. The Balaban J connectivity index is 1.56. The SMILES string of the molecule is c1ccc2sc([C@H]3CCN(C4CCC4)C3)nc2c1. The van der Waals surface area contributed by atoms with E-state index in [2.05, 4.69) is 29.2 Å². The van der Waals surface area contributed by atoms with Crippen LogP contribution in [0.5, 0.6) is 0 Å². The highest BCUT2D eigenvalue weighted by atomic mass is 32.1. The van der Waals surface area contributed by atoms with Crippen molar-refractivity contribution in [2.24, 2.45) is 0 Å². The standard InChI is InChI=1S/C15H18N2S/c1-2-7-14-13(6-1)16-15(18-14)11-8-9-17(10-11)12-4-3-5-12/h1-2,6-7,11-12H,3-5,8-10H2/t11-/m0/s1. The Labute approximate surface area is 112 Å². The largest absolute Gasteiger partial charge is 0.300 e. The Morgan fingerprint density at radius 3 is 2.83 bits per heavy atom. The highest BCUT2D eigenvalue weighted by Crippen LogP contribution is 2.36. The number of aromatic nitrogens is 1. The van der Waals surface area contributed by atoms with Crippen LogP contribution in [-0.4, -0.2) is 29.0 Å². The summed E-state index contributed by atoms with van der Waals surface area (Å²) in [4.78, 5) is 7.52. The molecule has 0 radical (unpaired) electrons. The Kier molecular flexibility index (Phi) is 2.63. The normalized spacial score (nSPS) is 25.7. The highest BCUT2D eigenvalue weighted by molar-refractivity contribution is 7.18. The van der Waals surface area contributed by atoms with Gasteiger partial charge >= 0.3 is 0 Å². The molecule has 18 heavy (non-hydrogen) atoms. The predicted molar refractivity (Wildman–Crippen MR) is 76.2 cm³/mol. The molecule has 1 aliphatic carbocycles. The number of thiazole rings is 1.